The van der Waals surface area contributed by atoms with Crippen LogP contribution in [-0.2, 0) is 11.2 Å². The van der Waals surface area contributed by atoms with E-state index >= 15 is 0 Å². The van der Waals surface area contributed by atoms with Gasteiger partial charge in [0.15, 0.2) is 18.1 Å². The van der Waals surface area contributed by atoms with Gasteiger partial charge in [-0.3, -0.25) is 9.89 Å². The number of ether oxygens (including phenoxy) is 2. The van der Waals surface area contributed by atoms with Gasteiger partial charge in [0.05, 0.1) is 35.7 Å². The smallest absolute Gasteiger partial charge is 0.258 e. The van der Waals surface area contributed by atoms with E-state index in [1.807, 2.05) is 62.0 Å². The molecule has 3 aromatic carbocycles. The highest BCUT2D eigenvalue weighted by molar-refractivity contribution is 5.83. The lowest BCUT2D eigenvalue weighted by molar-refractivity contribution is -0.123. The summed E-state index contributed by atoms with van der Waals surface area (Å²) in [5, 5.41) is 16.7. The maximum Gasteiger partial charge on any atom is 0.258 e. The van der Waals surface area contributed by atoms with Crippen molar-refractivity contribution in [3.8, 4) is 17.2 Å². The van der Waals surface area contributed by atoms with Crippen LogP contribution in [0.25, 0.3) is 27.5 Å². The first kappa shape index (κ1) is 26.7. The Hall–Kier alpha value is -4.33. The summed E-state index contributed by atoms with van der Waals surface area (Å²) >= 11 is 0. The van der Waals surface area contributed by atoms with Gasteiger partial charge in [0.2, 0.25) is 0 Å². The Morgan fingerprint density at radius 3 is 2.66 bits per heavy atom. The normalized spacial score (nSPS) is 10.9. The van der Waals surface area contributed by atoms with Crippen molar-refractivity contribution in [1.29, 1.82) is 0 Å². The molecule has 2 aromatic heterocycles. The number of aromatic amines is 1. The van der Waals surface area contributed by atoms with E-state index in [4.69, 9.17) is 9.47 Å². The van der Waals surface area contributed by atoms with Crippen molar-refractivity contribution in [2.24, 2.45) is 0 Å². The fraction of sp³-hybridized carbons (Fsp3) is 0.300. The SMILES string of the molecule is CCCc1ccc2[nH]ncc2c1.COc1cc(-n2nc(C)c3ccccc32)ccc1OCC(=O)NC(C)C. The Morgan fingerprint density at radius 2 is 1.89 bits per heavy atom. The minimum atomic E-state index is -0.167. The van der Waals surface area contributed by atoms with Gasteiger partial charge < -0.3 is 14.8 Å². The molecule has 8 heteroatoms. The van der Waals surface area contributed by atoms with Crippen molar-refractivity contribution >= 4 is 27.7 Å². The highest BCUT2D eigenvalue weighted by atomic mass is 16.5. The van der Waals surface area contributed by atoms with E-state index in [0.717, 1.165) is 34.2 Å². The van der Waals surface area contributed by atoms with Crippen molar-refractivity contribution in [2.45, 2.75) is 46.6 Å². The number of aromatic nitrogens is 4. The molecule has 2 heterocycles. The van der Waals surface area contributed by atoms with Crippen LogP contribution in [0, 0.1) is 6.92 Å². The number of carbonyl (C=O) groups is 1. The second-order valence-corrected chi connectivity index (χ2v) is 9.40. The van der Waals surface area contributed by atoms with Crippen molar-refractivity contribution < 1.29 is 14.3 Å². The third-order valence-electron chi connectivity index (χ3n) is 6.02. The van der Waals surface area contributed by atoms with Gasteiger partial charge in [-0.05, 0) is 63.1 Å². The summed E-state index contributed by atoms with van der Waals surface area (Å²) in [6, 6.07) is 20.1. The number of nitrogens with one attached hydrogen (secondary N) is 2. The summed E-state index contributed by atoms with van der Waals surface area (Å²) < 4.78 is 12.9. The standard InChI is InChI=1S/C20H23N3O3.C10H12N2/c1-13(2)21-20(24)12-26-18-10-9-15(11-19(18)25-4)23-17-8-6-5-7-16(17)14(3)22-23;1-2-3-8-4-5-10-9(6-8)7-11-12-10/h5-11,13H,12H2,1-4H3,(H,21,24);4-7H,2-3H2,1H3,(H,11,12). The molecule has 0 aliphatic rings. The second kappa shape index (κ2) is 12.3. The first-order valence-electron chi connectivity index (χ1n) is 12.9. The summed E-state index contributed by atoms with van der Waals surface area (Å²) in [5.74, 6) is 0.903. The van der Waals surface area contributed by atoms with Gasteiger partial charge in [-0.1, -0.05) is 37.6 Å². The molecule has 0 spiro atoms. The number of methoxy groups -OCH3 is 1. The predicted molar refractivity (Wildman–Crippen MR) is 151 cm³/mol. The van der Waals surface area contributed by atoms with Crippen molar-refractivity contribution in [2.75, 3.05) is 13.7 Å². The third-order valence-corrected chi connectivity index (χ3v) is 6.02. The number of hydrogen-bond donors (Lipinski definition) is 2. The van der Waals surface area contributed by atoms with Gasteiger partial charge in [-0.15, -0.1) is 0 Å². The molecule has 0 saturated carbocycles. The Balaban J connectivity index is 0.000000232. The summed E-state index contributed by atoms with van der Waals surface area (Å²) in [6.07, 6.45) is 4.22. The van der Waals surface area contributed by atoms with E-state index in [-0.39, 0.29) is 18.6 Å². The Labute approximate surface area is 223 Å². The number of amides is 1. The fourth-order valence-corrected chi connectivity index (χ4v) is 4.27. The van der Waals surface area contributed by atoms with Gasteiger partial charge in [0.1, 0.15) is 0 Å². The number of hydrogen-bond acceptors (Lipinski definition) is 5. The molecule has 5 rings (SSSR count). The van der Waals surface area contributed by atoms with E-state index in [0.29, 0.717) is 11.5 Å². The lowest BCUT2D eigenvalue weighted by Crippen LogP contribution is -2.34. The maximum atomic E-state index is 11.8. The molecule has 0 fully saturated rings. The van der Waals surface area contributed by atoms with Crippen molar-refractivity contribution in [3.63, 3.8) is 0 Å². The minimum Gasteiger partial charge on any atom is -0.493 e. The molecule has 0 bridgehead atoms. The Bertz CT molecular complexity index is 1520. The number of rotatable bonds is 8. The molecule has 1 amide bonds. The zero-order valence-electron chi connectivity index (χ0n) is 22.6. The molecule has 0 aliphatic heterocycles. The number of aryl methyl sites for hydroxylation is 2. The summed E-state index contributed by atoms with van der Waals surface area (Å²) in [5.41, 5.74) is 5.37. The number of para-hydroxylation sites is 1. The van der Waals surface area contributed by atoms with Crippen LogP contribution in [0.5, 0.6) is 11.5 Å². The van der Waals surface area contributed by atoms with Gasteiger partial charge in [0, 0.05) is 22.9 Å². The largest absolute Gasteiger partial charge is 0.493 e. The zero-order chi connectivity index (χ0) is 27.1. The number of carbonyl (C=O) groups excluding carboxylic acids is 1. The molecule has 0 unspecified atom stereocenters. The topological polar surface area (TPSA) is 94.1 Å². The minimum absolute atomic E-state index is 0.0578. The van der Waals surface area contributed by atoms with E-state index in [2.05, 4.69) is 51.8 Å². The van der Waals surface area contributed by atoms with Crippen LogP contribution in [-0.4, -0.2) is 45.6 Å². The molecular weight excluding hydrogens is 478 g/mol. The van der Waals surface area contributed by atoms with Crippen LogP contribution < -0.4 is 14.8 Å². The molecule has 8 nitrogen and oxygen atoms in total. The lowest BCUT2D eigenvalue weighted by Gasteiger charge is -2.13. The molecule has 0 atom stereocenters. The molecule has 2 N–H and O–H groups in total. The quantitative estimate of drug-likeness (QED) is 0.275. The van der Waals surface area contributed by atoms with Gasteiger partial charge in [0.25, 0.3) is 5.91 Å². The van der Waals surface area contributed by atoms with Crippen LogP contribution in [0.1, 0.15) is 38.4 Å². The van der Waals surface area contributed by atoms with E-state index in [9.17, 15) is 4.79 Å². The number of nitrogens with zero attached hydrogens (tertiary/aromatic N) is 3. The fourth-order valence-electron chi connectivity index (χ4n) is 4.27. The van der Waals surface area contributed by atoms with Crippen molar-refractivity contribution in [3.05, 3.63) is 78.1 Å². The number of benzene rings is 3. The molecule has 198 valence electrons. The predicted octanol–water partition coefficient (Wildman–Crippen LogP) is 5.76. The maximum absolute atomic E-state index is 11.8. The van der Waals surface area contributed by atoms with Gasteiger partial charge in [-0.25, -0.2) is 4.68 Å². The highest BCUT2D eigenvalue weighted by Gasteiger charge is 2.13. The monoisotopic (exact) mass is 513 g/mol. The summed E-state index contributed by atoms with van der Waals surface area (Å²) in [6.45, 7) is 7.94. The van der Waals surface area contributed by atoms with Crippen LogP contribution in [0.2, 0.25) is 0 Å². The number of fused-ring (bicyclic) bond motifs is 2. The van der Waals surface area contributed by atoms with Crippen molar-refractivity contribution in [1.82, 2.24) is 25.3 Å². The highest BCUT2D eigenvalue weighted by Crippen LogP contribution is 2.31. The average Bonchev–Trinajstić information content (AvgIpc) is 3.52. The van der Waals surface area contributed by atoms with Crippen LogP contribution in [0.4, 0.5) is 0 Å². The zero-order valence-corrected chi connectivity index (χ0v) is 22.6. The average molecular weight is 514 g/mol. The van der Waals surface area contributed by atoms with E-state index in [1.54, 1.807) is 13.2 Å². The molecule has 0 radical (unpaired) electrons. The third kappa shape index (κ3) is 6.32. The molecule has 0 aliphatic carbocycles. The van der Waals surface area contributed by atoms with Gasteiger partial charge in [-0.2, -0.15) is 10.2 Å². The first-order valence-corrected chi connectivity index (χ1v) is 12.9. The molecular formula is C30H35N5O3. The van der Waals surface area contributed by atoms with E-state index in [1.165, 1.54) is 17.4 Å². The summed E-state index contributed by atoms with van der Waals surface area (Å²) in [7, 11) is 1.58. The van der Waals surface area contributed by atoms with Crippen LogP contribution >= 0.6 is 0 Å². The van der Waals surface area contributed by atoms with Crippen LogP contribution in [0.15, 0.2) is 66.9 Å². The van der Waals surface area contributed by atoms with Gasteiger partial charge >= 0.3 is 0 Å². The Morgan fingerprint density at radius 1 is 1.08 bits per heavy atom. The number of H-pyrrole nitrogens is 1. The second-order valence-electron chi connectivity index (χ2n) is 9.40. The molecule has 38 heavy (non-hydrogen) atoms. The molecule has 5 aromatic rings. The lowest BCUT2D eigenvalue weighted by atomic mass is 10.1. The summed E-state index contributed by atoms with van der Waals surface area (Å²) in [4.78, 5) is 11.8. The Kier molecular flexibility index (Phi) is 8.63. The van der Waals surface area contributed by atoms with E-state index < -0.39 is 0 Å². The van der Waals surface area contributed by atoms with Crippen LogP contribution in [0.3, 0.4) is 0 Å². The first-order chi connectivity index (χ1) is 18.4. The molecule has 0 saturated heterocycles.